The van der Waals surface area contributed by atoms with Gasteiger partial charge < -0.3 is 9.47 Å². The highest BCUT2D eigenvalue weighted by Crippen LogP contribution is 2.19. The van der Waals surface area contributed by atoms with Crippen molar-refractivity contribution in [3.05, 3.63) is 18.0 Å². The highest BCUT2D eigenvalue weighted by molar-refractivity contribution is 8.13. The van der Waals surface area contributed by atoms with Crippen LogP contribution in [0.25, 0.3) is 0 Å². The number of aryl methyl sites for hydroxylation is 1. The van der Waals surface area contributed by atoms with E-state index in [0.717, 1.165) is 6.42 Å². The number of hydrogen-bond donors (Lipinski definition) is 0. The normalized spacial score (nSPS) is 11.5. The van der Waals surface area contributed by atoms with E-state index in [2.05, 4.69) is 0 Å². The monoisotopic (exact) mass is 278 g/mol. The van der Waals surface area contributed by atoms with Crippen LogP contribution in [0, 0.1) is 0 Å². The lowest BCUT2D eigenvalue weighted by atomic mass is 10.3. The van der Waals surface area contributed by atoms with Gasteiger partial charge in [-0.3, -0.25) is 4.79 Å². The number of aromatic nitrogens is 1. The summed E-state index contributed by atoms with van der Waals surface area (Å²) >= 11 is 0. The lowest BCUT2D eigenvalue weighted by molar-refractivity contribution is 0.0817. The Balaban J connectivity index is 3.28. The number of carbonyl (C=O) groups is 1. The smallest absolute Gasteiger partial charge is 0.270 e. The predicted molar refractivity (Wildman–Crippen MR) is 65.8 cm³/mol. The van der Waals surface area contributed by atoms with Crippen LogP contribution in [-0.2, 0) is 15.6 Å². The fourth-order valence-electron chi connectivity index (χ4n) is 1.45. The molecule has 0 saturated carbocycles. The Kier molecular flexibility index (Phi) is 4.21. The molecule has 7 heteroatoms. The molecule has 0 spiro atoms. The summed E-state index contributed by atoms with van der Waals surface area (Å²) in [5.74, 6) is -0.245. The van der Waals surface area contributed by atoms with E-state index in [9.17, 15) is 13.2 Å². The zero-order valence-corrected chi connectivity index (χ0v) is 11.5. The van der Waals surface area contributed by atoms with Gasteiger partial charge in [0.2, 0.25) is 0 Å². The van der Waals surface area contributed by atoms with Crippen LogP contribution in [0.1, 0.15) is 23.8 Å². The van der Waals surface area contributed by atoms with E-state index in [4.69, 9.17) is 10.7 Å². The molecule has 0 aliphatic carbocycles. The lowest BCUT2D eigenvalue weighted by Crippen LogP contribution is -2.24. The first kappa shape index (κ1) is 14.1. The molecule has 0 aliphatic heterocycles. The molecule has 1 aromatic rings. The summed E-state index contributed by atoms with van der Waals surface area (Å²) < 4.78 is 24.1. The molecule has 0 aliphatic rings. The molecular weight excluding hydrogens is 264 g/mol. The Bertz CT molecular complexity index is 520. The molecule has 0 N–H and O–H groups in total. The molecule has 17 heavy (non-hydrogen) atoms. The topological polar surface area (TPSA) is 59.4 Å². The SMILES string of the molecule is CCCn1cc(S(=O)(=O)Cl)cc1C(=O)N(C)C. The van der Waals surface area contributed by atoms with Crippen LogP contribution < -0.4 is 0 Å². The van der Waals surface area contributed by atoms with Crippen LogP contribution in [0.15, 0.2) is 17.2 Å². The molecule has 1 amide bonds. The molecule has 1 aromatic heterocycles. The Morgan fingerprint density at radius 3 is 2.47 bits per heavy atom. The van der Waals surface area contributed by atoms with Crippen LogP contribution in [0.2, 0.25) is 0 Å². The minimum absolute atomic E-state index is 0.0437. The van der Waals surface area contributed by atoms with E-state index < -0.39 is 9.05 Å². The maximum Gasteiger partial charge on any atom is 0.270 e. The Hall–Kier alpha value is -1.01. The Morgan fingerprint density at radius 1 is 1.47 bits per heavy atom. The third-order valence-corrected chi connectivity index (χ3v) is 3.56. The van der Waals surface area contributed by atoms with Gasteiger partial charge in [0, 0.05) is 37.5 Å². The standard InChI is InChI=1S/C10H15ClN2O3S/c1-4-5-13-7-8(17(11,15)16)6-9(13)10(14)12(2)3/h6-7H,4-5H2,1-3H3. The largest absolute Gasteiger partial charge is 0.343 e. The van der Waals surface area contributed by atoms with Gasteiger partial charge >= 0.3 is 0 Å². The summed E-state index contributed by atoms with van der Waals surface area (Å²) in [5, 5.41) is 0. The molecule has 0 aromatic carbocycles. The van der Waals surface area contributed by atoms with Crippen molar-refractivity contribution in [2.75, 3.05) is 14.1 Å². The molecule has 0 bridgehead atoms. The van der Waals surface area contributed by atoms with Crippen molar-refractivity contribution in [1.82, 2.24) is 9.47 Å². The summed E-state index contributed by atoms with van der Waals surface area (Å²) in [6.07, 6.45) is 2.19. The fraction of sp³-hybridized carbons (Fsp3) is 0.500. The predicted octanol–water partition coefficient (Wildman–Crippen LogP) is 1.53. The third-order valence-electron chi connectivity index (χ3n) is 2.24. The summed E-state index contributed by atoms with van der Waals surface area (Å²) in [4.78, 5) is 13.2. The van der Waals surface area contributed by atoms with E-state index in [-0.39, 0.29) is 10.8 Å². The lowest BCUT2D eigenvalue weighted by Gasteiger charge is -2.12. The van der Waals surface area contributed by atoms with Crippen LogP contribution in [0.3, 0.4) is 0 Å². The van der Waals surface area contributed by atoms with E-state index in [1.165, 1.54) is 17.2 Å². The maximum absolute atomic E-state index is 11.8. The first-order chi connectivity index (χ1) is 7.77. The van der Waals surface area contributed by atoms with Crippen molar-refractivity contribution in [3.63, 3.8) is 0 Å². The maximum atomic E-state index is 11.8. The quantitative estimate of drug-likeness (QED) is 0.785. The van der Waals surface area contributed by atoms with Crippen LogP contribution >= 0.6 is 10.7 Å². The van der Waals surface area contributed by atoms with Crippen LogP contribution in [-0.4, -0.2) is 37.9 Å². The average Bonchev–Trinajstić information content (AvgIpc) is 2.60. The summed E-state index contributed by atoms with van der Waals surface area (Å²) in [7, 11) is 4.68. The van der Waals surface area contributed by atoms with Gasteiger partial charge in [-0.25, -0.2) is 8.42 Å². The molecule has 96 valence electrons. The van der Waals surface area contributed by atoms with Crippen molar-refractivity contribution in [1.29, 1.82) is 0 Å². The van der Waals surface area contributed by atoms with E-state index in [1.807, 2.05) is 6.92 Å². The Labute approximate surface area is 105 Å². The molecule has 1 heterocycles. The molecule has 0 unspecified atom stereocenters. The zero-order valence-electron chi connectivity index (χ0n) is 9.97. The number of nitrogens with zero attached hydrogens (tertiary/aromatic N) is 2. The second-order valence-electron chi connectivity index (χ2n) is 3.89. The summed E-state index contributed by atoms with van der Waals surface area (Å²) in [6.45, 7) is 2.51. The van der Waals surface area contributed by atoms with Gasteiger partial charge in [-0.15, -0.1) is 0 Å². The molecule has 0 fully saturated rings. The second-order valence-corrected chi connectivity index (χ2v) is 6.46. The fourth-order valence-corrected chi connectivity index (χ4v) is 2.21. The van der Waals surface area contributed by atoms with E-state index >= 15 is 0 Å². The second kappa shape index (κ2) is 5.10. The summed E-state index contributed by atoms with van der Waals surface area (Å²) in [5.41, 5.74) is 0.330. The van der Waals surface area contributed by atoms with Crippen molar-refractivity contribution in [2.24, 2.45) is 0 Å². The highest BCUT2D eigenvalue weighted by atomic mass is 35.7. The number of rotatable bonds is 4. The molecule has 5 nitrogen and oxygen atoms in total. The van der Waals surface area contributed by atoms with Gasteiger partial charge in [-0.05, 0) is 12.5 Å². The van der Waals surface area contributed by atoms with Crippen molar-refractivity contribution < 1.29 is 13.2 Å². The Morgan fingerprint density at radius 2 is 2.06 bits per heavy atom. The zero-order chi connectivity index (χ0) is 13.2. The van der Waals surface area contributed by atoms with Gasteiger partial charge in [0.25, 0.3) is 15.0 Å². The molecule has 0 saturated heterocycles. The van der Waals surface area contributed by atoms with Crippen molar-refractivity contribution in [3.8, 4) is 0 Å². The highest BCUT2D eigenvalue weighted by Gasteiger charge is 2.20. The summed E-state index contributed by atoms with van der Waals surface area (Å²) in [6, 6.07) is 1.31. The first-order valence-electron chi connectivity index (χ1n) is 5.14. The van der Waals surface area contributed by atoms with Gasteiger partial charge in [-0.2, -0.15) is 0 Å². The molecule has 0 radical (unpaired) electrons. The number of halogens is 1. The van der Waals surface area contributed by atoms with E-state index in [1.54, 1.807) is 18.7 Å². The number of carbonyl (C=O) groups excluding carboxylic acids is 1. The van der Waals surface area contributed by atoms with Crippen molar-refractivity contribution >= 4 is 25.6 Å². The van der Waals surface area contributed by atoms with Gasteiger partial charge in [-0.1, -0.05) is 6.92 Å². The average molecular weight is 279 g/mol. The minimum atomic E-state index is -3.80. The van der Waals surface area contributed by atoms with Crippen molar-refractivity contribution in [2.45, 2.75) is 24.8 Å². The van der Waals surface area contributed by atoms with E-state index in [0.29, 0.717) is 12.2 Å². The van der Waals surface area contributed by atoms with Gasteiger partial charge in [0.1, 0.15) is 10.6 Å². The number of hydrogen-bond acceptors (Lipinski definition) is 3. The molecular formula is C10H15ClN2O3S. The first-order valence-corrected chi connectivity index (χ1v) is 7.44. The molecule has 1 rings (SSSR count). The third kappa shape index (κ3) is 3.23. The number of amides is 1. The van der Waals surface area contributed by atoms with Gasteiger partial charge in [0.05, 0.1) is 0 Å². The van der Waals surface area contributed by atoms with Gasteiger partial charge in [0.15, 0.2) is 0 Å². The minimum Gasteiger partial charge on any atom is -0.343 e. The van der Waals surface area contributed by atoms with Crippen LogP contribution in [0.5, 0.6) is 0 Å². The molecule has 0 atom stereocenters. The van der Waals surface area contributed by atoms with Crippen LogP contribution in [0.4, 0.5) is 0 Å².